The van der Waals surface area contributed by atoms with Crippen LogP contribution in [-0.2, 0) is 9.53 Å². The lowest BCUT2D eigenvalue weighted by atomic mass is 10.1. The second kappa shape index (κ2) is 5.70. The van der Waals surface area contributed by atoms with Gasteiger partial charge in [0, 0.05) is 5.75 Å². The Kier molecular flexibility index (Phi) is 4.17. The number of methoxy groups -OCH3 is 1. The number of pyridine rings is 1. The van der Waals surface area contributed by atoms with Crippen molar-refractivity contribution in [3.05, 3.63) is 17.8 Å². The Balaban J connectivity index is 1.99. The van der Waals surface area contributed by atoms with Gasteiger partial charge < -0.3 is 15.6 Å². The maximum atomic E-state index is 11.3. The molecule has 20 heavy (non-hydrogen) atoms. The third-order valence-corrected chi connectivity index (χ3v) is 4.65. The molecule has 108 valence electrons. The number of carbonyl (C=O) groups is 2. The van der Waals surface area contributed by atoms with Gasteiger partial charge in [-0.2, -0.15) is 0 Å². The van der Waals surface area contributed by atoms with E-state index in [9.17, 15) is 9.59 Å². The summed E-state index contributed by atoms with van der Waals surface area (Å²) < 4.78 is 4.69. The van der Waals surface area contributed by atoms with Gasteiger partial charge in [-0.3, -0.25) is 4.79 Å². The Hall–Kier alpha value is -1.76. The standard InChI is InChI=1S/C13H16N2O4S/c1-19-11(16)5-13(2-3-13)7-20-10-4-8(12(17)18)9(14)6-15-10/h4,6H,2-3,5,7,14H2,1H3,(H,17,18). The molecular formula is C13H16N2O4S. The quantitative estimate of drug-likeness (QED) is 0.609. The lowest BCUT2D eigenvalue weighted by molar-refractivity contribution is -0.141. The molecular weight excluding hydrogens is 280 g/mol. The van der Waals surface area contributed by atoms with E-state index in [-0.39, 0.29) is 22.6 Å². The Morgan fingerprint density at radius 3 is 2.80 bits per heavy atom. The van der Waals surface area contributed by atoms with Crippen LogP contribution in [0.5, 0.6) is 0 Å². The van der Waals surface area contributed by atoms with Crippen molar-refractivity contribution in [2.24, 2.45) is 5.41 Å². The zero-order chi connectivity index (χ0) is 14.8. The Bertz CT molecular complexity index is 543. The number of anilines is 1. The molecule has 6 nitrogen and oxygen atoms in total. The third kappa shape index (κ3) is 3.41. The molecule has 0 radical (unpaired) electrons. The molecule has 0 spiro atoms. The predicted molar refractivity (Wildman–Crippen MR) is 74.6 cm³/mol. The number of nitrogens with zero attached hydrogens (tertiary/aromatic N) is 1. The van der Waals surface area contributed by atoms with Gasteiger partial charge in [0.2, 0.25) is 0 Å². The Morgan fingerprint density at radius 1 is 1.55 bits per heavy atom. The number of aromatic carboxylic acids is 1. The fraction of sp³-hybridized carbons (Fsp3) is 0.462. The summed E-state index contributed by atoms with van der Waals surface area (Å²) in [6.45, 7) is 0. The number of carboxylic acid groups (broad SMARTS) is 1. The summed E-state index contributed by atoms with van der Waals surface area (Å²) in [5.41, 5.74) is 5.74. The van der Waals surface area contributed by atoms with Gasteiger partial charge in [-0.1, -0.05) is 0 Å². The molecule has 0 aromatic carbocycles. The number of thioether (sulfide) groups is 1. The number of hydrogen-bond acceptors (Lipinski definition) is 6. The van der Waals surface area contributed by atoms with Crippen LogP contribution in [-0.4, -0.2) is 34.9 Å². The van der Waals surface area contributed by atoms with Crippen molar-refractivity contribution in [3.8, 4) is 0 Å². The average molecular weight is 296 g/mol. The van der Waals surface area contributed by atoms with Crippen molar-refractivity contribution >= 4 is 29.4 Å². The number of aromatic nitrogens is 1. The molecule has 1 aliphatic carbocycles. The molecule has 1 fully saturated rings. The van der Waals surface area contributed by atoms with E-state index in [4.69, 9.17) is 10.8 Å². The minimum Gasteiger partial charge on any atom is -0.478 e. The summed E-state index contributed by atoms with van der Waals surface area (Å²) in [6, 6.07) is 1.47. The van der Waals surface area contributed by atoms with Crippen LogP contribution in [0.25, 0.3) is 0 Å². The van der Waals surface area contributed by atoms with Gasteiger partial charge in [0.1, 0.15) is 0 Å². The highest BCUT2D eigenvalue weighted by Gasteiger charge is 2.44. The minimum atomic E-state index is -1.07. The number of esters is 1. The number of rotatable bonds is 6. The number of ether oxygens (including phenoxy) is 1. The van der Waals surface area contributed by atoms with Gasteiger partial charge in [0.15, 0.2) is 0 Å². The highest BCUT2D eigenvalue weighted by Crippen LogP contribution is 2.52. The lowest BCUT2D eigenvalue weighted by Gasteiger charge is -2.13. The summed E-state index contributed by atoms with van der Waals surface area (Å²) in [5, 5.41) is 9.61. The highest BCUT2D eigenvalue weighted by molar-refractivity contribution is 7.99. The van der Waals surface area contributed by atoms with Gasteiger partial charge in [0.05, 0.1) is 36.0 Å². The minimum absolute atomic E-state index is 0.0236. The van der Waals surface area contributed by atoms with Crippen LogP contribution in [0.2, 0.25) is 0 Å². The number of carbonyl (C=O) groups excluding carboxylic acids is 1. The highest BCUT2D eigenvalue weighted by atomic mass is 32.2. The second-order valence-electron chi connectivity index (χ2n) is 4.96. The van der Waals surface area contributed by atoms with Crippen LogP contribution in [0, 0.1) is 5.41 Å². The van der Waals surface area contributed by atoms with Crippen LogP contribution in [0.1, 0.15) is 29.6 Å². The Labute approximate surface area is 120 Å². The average Bonchev–Trinajstić information content (AvgIpc) is 3.17. The third-order valence-electron chi connectivity index (χ3n) is 3.37. The van der Waals surface area contributed by atoms with E-state index in [0.29, 0.717) is 11.4 Å². The smallest absolute Gasteiger partial charge is 0.337 e. The van der Waals surface area contributed by atoms with Crippen LogP contribution in [0.15, 0.2) is 17.3 Å². The monoisotopic (exact) mass is 296 g/mol. The normalized spacial score (nSPS) is 15.7. The molecule has 0 amide bonds. The van der Waals surface area contributed by atoms with E-state index in [2.05, 4.69) is 9.72 Å². The summed E-state index contributed by atoms with van der Waals surface area (Å²) in [5.74, 6) is -0.556. The molecule has 1 saturated carbocycles. The van der Waals surface area contributed by atoms with Crippen LogP contribution in [0.4, 0.5) is 5.69 Å². The van der Waals surface area contributed by atoms with E-state index in [1.165, 1.54) is 31.1 Å². The van der Waals surface area contributed by atoms with Crippen molar-refractivity contribution in [3.63, 3.8) is 0 Å². The molecule has 1 heterocycles. The van der Waals surface area contributed by atoms with E-state index >= 15 is 0 Å². The first-order valence-electron chi connectivity index (χ1n) is 6.14. The van der Waals surface area contributed by atoms with Gasteiger partial charge >= 0.3 is 11.9 Å². The first-order valence-corrected chi connectivity index (χ1v) is 7.13. The Morgan fingerprint density at radius 2 is 2.25 bits per heavy atom. The summed E-state index contributed by atoms with van der Waals surface area (Å²) >= 11 is 1.44. The molecule has 0 unspecified atom stereocenters. The number of carboxylic acids is 1. The van der Waals surface area contributed by atoms with E-state index < -0.39 is 5.97 Å². The van der Waals surface area contributed by atoms with Crippen LogP contribution in [0.3, 0.4) is 0 Å². The molecule has 2 rings (SSSR count). The summed E-state index contributed by atoms with van der Waals surface area (Å²) in [4.78, 5) is 26.4. The fourth-order valence-corrected chi connectivity index (χ4v) is 3.04. The topological polar surface area (TPSA) is 103 Å². The molecule has 1 aromatic heterocycles. The number of hydrogen-bond donors (Lipinski definition) is 2. The first-order chi connectivity index (χ1) is 9.46. The molecule has 0 bridgehead atoms. The van der Waals surface area contributed by atoms with Crippen molar-refractivity contribution in [1.82, 2.24) is 4.98 Å². The molecule has 7 heteroatoms. The predicted octanol–water partition coefficient (Wildman–Crippen LogP) is 1.80. The van der Waals surface area contributed by atoms with Crippen molar-refractivity contribution in [2.45, 2.75) is 24.3 Å². The van der Waals surface area contributed by atoms with Crippen molar-refractivity contribution in [2.75, 3.05) is 18.6 Å². The van der Waals surface area contributed by atoms with E-state index in [0.717, 1.165) is 18.6 Å². The van der Waals surface area contributed by atoms with Gasteiger partial charge in [-0.15, -0.1) is 11.8 Å². The lowest BCUT2D eigenvalue weighted by Crippen LogP contribution is -2.13. The zero-order valence-corrected chi connectivity index (χ0v) is 11.9. The molecule has 0 atom stereocenters. The van der Waals surface area contributed by atoms with E-state index in [1.807, 2.05) is 0 Å². The van der Waals surface area contributed by atoms with Gasteiger partial charge in [0.25, 0.3) is 0 Å². The van der Waals surface area contributed by atoms with Crippen molar-refractivity contribution in [1.29, 1.82) is 0 Å². The van der Waals surface area contributed by atoms with Crippen LogP contribution >= 0.6 is 11.8 Å². The number of nitrogen functional groups attached to an aromatic ring is 1. The number of nitrogens with two attached hydrogens (primary N) is 1. The van der Waals surface area contributed by atoms with Crippen molar-refractivity contribution < 1.29 is 19.4 Å². The largest absolute Gasteiger partial charge is 0.478 e. The molecule has 0 aliphatic heterocycles. The summed E-state index contributed by atoms with van der Waals surface area (Å²) in [7, 11) is 1.38. The molecule has 3 N–H and O–H groups in total. The van der Waals surface area contributed by atoms with Crippen LogP contribution < -0.4 is 5.73 Å². The first kappa shape index (κ1) is 14.6. The molecule has 1 aromatic rings. The maximum Gasteiger partial charge on any atom is 0.337 e. The summed E-state index contributed by atoms with van der Waals surface area (Å²) in [6.07, 6.45) is 3.72. The van der Waals surface area contributed by atoms with Gasteiger partial charge in [-0.25, -0.2) is 9.78 Å². The maximum absolute atomic E-state index is 11.3. The van der Waals surface area contributed by atoms with Gasteiger partial charge in [-0.05, 0) is 24.3 Å². The molecule has 0 saturated heterocycles. The zero-order valence-electron chi connectivity index (χ0n) is 11.1. The SMILES string of the molecule is COC(=O)CC1(CSc2cc(C(=O)O)c(N)cn2)CC1. The fourth-order valence-electron chi connectivity index (χ4n) is 1.87. The van der Waals surface area contributed by atoms with E-state index in [1.54, 1.807) is 0 Å². The second-order valence-corrected chi connectivity index (χ2v) is 5.95. The molecule has 1 aliphatic rings.